The van der Waals surface area contributed by atoms with E-state index in [0.29, 0.717) is 18.4 Å². The van der Waals surface area contributed by atoms with E-state index in [1.165, 1.54) is 6.07 Å². The number of hydrogen-bond acceptors (Lipinski definition) is 1. The highest BCUT2D eigenvalue weighted by Crippen LogP contribution is 2.36. The third-order valence-corrected chi connectivity index (χ3v) is 3.17. The maximum Gasteiger partial charge on any atom is 0.417 e. The van der Waals surface area contributed by atoms with Crippen molar-refractivity contribution in [1.29, 1.82) is 0 Å². The first-order valence-electron chi connectivity index (χ1n) is 5.38. The highest BCUT2D eigenvalue weighted by atomic mass is 79.9. The predicted octanol–water partition coefficient (Wildman–Crippen LogP) is 4.27. The summed E-state index contributed by atoms with van der Waals surface area (Å²) in [4.78, 5) is 0. The van der Waals surface area contributed by atoms with Gasteiger partial charge in [0.1, 0.15) is 0 Å². The molecule has 1 aromatic rings. The summed E-state index contributed by atoms with van der Waals surface area (Å²) < 4.78 is 38.1. The van der Waals surface area contributed by atoms with E-state index in [4.69, 9.17) is 5.73 Å². The van der Waals surface area contributed by atoms with Crippen molar-refractivity contribution in [1.82, 2.24) is 0 Å². The predicted molar refractivity (Wildman–Crippen MR) is 68.8 cm³/mol. The van der Waals surface area contributed by atoms with Crippen LogP contribution in [0.5, 0.6) is 0 Å². The Morgan fingerprint density at radius 1 is 1.39 bits per heavy atom. The van der Waals surface area contributed by atoms with Crippen LogP contribution in [0.4, 0.5) is 13.2 Å². The number of halogens is 4. The van der Waals surface area contributed by atoms with E-state index in [-0.39, 0.29) is 4.47 Å². The number of alkyl halides is 3. The molecule has 0 aliphatic heterocycles. The van der Waals surface area contributed by atoms with Crippen LogP contribution in [0.3, 0.4) is 0 Å². The van der Waals surface area contributed by atoms with E-state index < -0.39 is 17.8 Å². The maximum absolute atomic E-state index is 12.7. The smallest absolute Gasteiger partial charge is 0.324 e. The summed E-state index contributed by atoms with van der Waals surface area (Å²) in [6.07, 6.45) is -3.26. The molecule has 0 amide bonds. The molecule has 2 N–H and O–H groups in total. The second-order valence-corrected chi connectivity index (χ2v) is 4.66. The molecule has 0 spiro atoms. The second-order valence-electron chi connectivity index (χ2n) is 3.81. The van der Waals surface area contributed by atoms with E-state index in [9.17, 15) is 13.2 Å². The van der Waals surface area contributed by atoms with Crippen LogP contribution in [0, 0.1) is 11.8 Å². The van der Waals surface area contributed by atoms with E-state index in [1.54, 1.807) is 13.0 Å². The molecule has 1 unspecified atom stereocenters. The number of rotatable bonds is 3. The zero-order valence-corrected chi connectivity index (χ0v) is 11.4. The van der Waals surface area contributed by atoms with Gasteiger partial charge in [0.2, 0.25) is 0 Å². The fourth-order valence-electron chi connectivity index (χ4n) is 1.51. The molecule has 18 heavy (non-hydrogen) atoms. The molecular weight excluding hydrogens is 307 g/mol. The maximum atomic E-state index is 12.7. The Balaban J connectivity index is 2.93. The summed E-state index contributed by atoms with van der Waals surface area (Å²) in [5, 5.41) is 0. The van der Waals surface area contributed by atoms with E-state index >= 15 is 0 Å². The zero-order chi connectivity index (χ0) is 13.8. The van der Waals surface area contributed by atoms with Crippen LogP contribution in [0.2, 0.25) is 0 Å². The van der Waals surface area contributed by atoms with Gasteiger partial charge in [0.25, 0.3) is 0 Å². The SMILES string of the molecule is CC#CCCC(N)c1ccc(Br)c(C(F)(F)F)c1. The lowest BCUT2D eigenvalue weighted by molar-refractivity contribution is -0.138. The minimum atomic E-state index is -4.38. The average molecular weight is 320 g/mol. The summed E-state index contributed by atoms with van der Waals surface area (Å²) in [5.74, 6) is 5.57. The van der Waals surface area contributed by atoms with Crippen LogP contribution in [-0.4, -0.2) is 0 Å². The fourth-order valence-corrected chi connectivity index (χ4v) is 1.98. The lowest BCUT2D eigenvalue weighted by Crippen LogP contribution is -2.13. The topological polar surface area (TPSA) is 26.0 Å². The lowest BCUT2D eigenvalue weighted by atomic mass is 10.0. The van der Waals surface area contributed by atoms with Crippen LogP contribution in [0.25, 0.3) is 0 Å². The normalized spacial score (nSPS) is 12.8. The minimum Gasteiger partial charge on any atom is -0.324 e. The van der Waals surface area contributed by atoms with E-state index in [1.807, 2.05) is 0 Å². The average Bonchev–Trinajstić information content (AvgIpc) is 2.28. The molecule has 5 heteroatoms. The van der Waals surface area contributed by atoms with E-state index in [2.05, 4.69) is 27.8 Å². The number of benzene rings is 1. The van der Waals surface area contributed by atoms with Crippen LogP contribution in [0.15, 0.2) is 22.7 Å². The van der Waals surface area contributed by atoms with Gasteiger partial charge in [-0.2, -0.15) is 13.2 Å². The Hall–Kier alpha value is -0.990. The van der Waals surface area contributed by atoms with Gasteiger partial charge in [-0.25, -0.2) is 0 Å². The molecule has 0 aromatic heterocycles. The zero-order valence-electron chi connectivity index (χ0n) is 9.81. The highest BCUT2D eigenvalue weighted by molar-refractivity contribution is 9.10. The van der Waals surface area contributed by atoms with Gasteiger partial charge in [0.05, 0.1) is 5.56 Å². The van der Waals surface area contributed by atoms with Crippen molar-refractivity contribution < 1.29 is 13.2 Å². The van der Waals surface area contributed by atoms with Gasteiger partial charge in [-0.05, 0) is 31.0 Å². The first kappa shape index (κ1) is 15.1. The van der Waals surface area contributed by atoms with Crippen LogP contribution >= 0.6 is 15.9 Å². The van der Waals surface area contributed by atoms with Gasteiger partial charge in [0, 0.05) is 16.9 Å². The molecule has 1 nitrogen and oxygen atoms in total. The van der Waals surface area contributed by atoms with Crippen molar-refractivity contribution in [3.05, 3.63) is 33.8 Å². The Morgan fingerprint density at radius 2 is 2.06 bits per heavy atom. The standard InChI is InChI=1S/C13H13BrF3N/c1-2-3-4-5-12(18)9-6-7-11(14)10(8-9)13(15,16)17/h6-8,12H,4-5,18H2,1H3. The lowest BCUT2D eigenvalue weighted by Gasteiger charge is -2.15. The van der Waals surface area contributed by atoms with Gasteiger partial charge in [0.15, 0.2) is 0 Å². The van der Waals surface area contributed by atoms with Crippen molar-refractivity contribution >= 4 is 15.9 Å². The summed E-state index contributed by atoms with van der Waals surface area (Å²) >= 11 is 2.90. The molecule has 0 heterocycles. The van der Waals surface area contributed by atoms with Gasteiger partial charge >= 0.3 is 6.18 Å². The van der Waals surface area contributed by atoms with Gasteiger partial charge in [-0.15, -0.1) is 11.8 Å². The molecule has 1 rings (SSSR count). The summed E-state index contributed by atoms with van der Waals surface area (Å²) in [5.41, 5.74) is 5.63. The number of nitrogens with two attached hydrogens (primary N) is 1. The fraction of sp³-hybridized carbons (Fsp3) is 0.385. The van der Waals surface area contributed by atoms with Crippen LogP contribution in [0.1, 0.15) is 36.9 Å². The molecule has 0 saturated carbocycles. The summed E-state index contributed by atoms with van der Waals surface area (Å²) in [7, 11) is 0. The quantitative estimate of drug-likeness (QED) is 0.827. The van der Waals surface area contributed by atoms with Crippen molar-refractivity contribution in [3.8, 4) is 11.8 Å². The molecule has 0 fully saturated rings. The Bertz CT molecular complexity index is 471. The molecule has 0 aliphatic carbocycles. The second kappa shape index (κ2) is 6.26. The molecule has 1 aromatic carbocycles. The minimum absolute atomic E-state index is 0.0271. The monoisotopic (exact) mass is 319 g/mol. The third-order valence-electron chi connectivity index (χ3n) is 2.48. The molecule has 98 valence electrons. The molecular formula is C13H13BrF3N. The van der Waals surface area contributed by atoms with Gasteiger partial charge in [-0.3, -0.25) is 0 Å². The summed E-state index contributed by atoms with van der Waals surface area (Å²) in [6.45, 7) is 1.72. The van der Waals surface area contributed by atoms with Crippen molar-refractivity contribution in [2.75, 3.05) is 0 Å². The molecule has 0 radical (unpaired) electrons. The van der Waals surface area contributed by atoms with Gasteiger partial charge in [-0.1, -0.05) is 22.0 Å². The van der Waals surface area contributed by atoms with Crippen molar-refractivity contribution in [2.24, 2.45) is 5.73 Å². The summed E-state index contributed by atoms with van der Waals surface area (Å²) in [6, 6.07) is 3.64. The van der Waals surface area contributed by atoms with Gasteiger partial charge < -0.3 is 5.73 Å². The van der Waals surface area contributed by atoms with Crippen molar-refractivity contribution in [3.63, 3.8) is 0 Å². The Labute approximate surface area is 113 Å². The third kappa shape index (κ3) is 4.04. The molecule has 0 bridgehead atoms. The largest absolute Gasteiger partial charge is 0.417 e. The molecule has 1 atom stereocenters. The Morgan fingerprint density at radius 3 is 2.61 bits per heavy atom. The highest BCUT2D eigenvalue weighted by Gasteiger charge is 2.33. The molecule has 0 aliphatic rings. The van der Waals surface area contributed by atoms with Crippen LogP contribution in [-0.2, 0) is 6.18 Å². The van der Waals surface area contributed by atoms with E-state index in [0.717, 1.165) is 6.07 Å². The molecule has 0 saturated heterocycles. The van der Waals surface area contributed by atoms with Crippen LogP contribution < -0.4 is 5.73 Å². The van der Waals surface area contributed by atoms with Crippen molar-refractivity contribution in [2.45, 2.75) is 32.0 Å². The first-order valence-corrected chi connectivity index (χ1v) is 6.17. The Kier molecular flexibility index (Phi) is 5.24. The first-order chi connectivity index (χ1) is 8.36. The number of hydrogen-bond donors (Lipinski definition) is 1.